The number of ether oxygens (including phenoxy) is 1. The molecule has 0 atom stereocenters. The van der Waals surface area contributed by atoms with Gasteiger partial charge in [-0.1, -0.05) is 18.7 Å². The lowest BCUT2D eigenvalue weighted by Crippen LogP contribution is -2.07. The molecule has 0 aliphatic heterocycles. The first-order chi connectivity index (χ1) is 7.61. The van der Waals surface area contributed by atoms with Gasteiger partial charge in [0.05, 0.1) is 23.4 Å². The molecule has 0 radical (unpaired) electrons. The number of esters is 1. The lowest BCUT2D eigenvalue weighted by Gasteiger charge is -2.08. The van der Waals surface area contributed by atoms with Crippen LogP contribution in [-0.4, -0.2) is 12.6 Å². The molecule has 1 rings (SSSR count). The van der Waals surface area contributed by atoms with Gasteiger partial charge in [-0.05, 0) is 13.0 Å². The van der Waals surface area contributed by atoms with Crippen LogP contribution in [0.25, 0.3) is 5.57 Å². The van der Waals surface area contributed by atoms with Crippen LogP contribution in [0.4, 0.5) is 5.69 Å². The monoisotopic (exact) mass is 216 g/mol. The number of nitrogens with zero attached hydrogens (tertiary/aromatic N) is 1. The fourth-order valence-corrected chi connectivity index (χ4v) is 1.27. The fraction of sp³-hybridized carbons (Fsp3) is 0.167. The highest BCUT2D eigenvalue weighted by atomic mass is 16.5. The molecule has 0 bridgehead atoms. The Labute approximate surface area is 93.9 Å². The van der Waals surface area contributed by atoms with Crippen molar-refractivity contribution in [3.8, 4) is 6.07 Å². The Hall–Kier alpha value is -2.28. The maximum atomic E-state index is 11.5. The summed E-state index contributed by atoms with van der Waals surface area (Å²) in [7, 11) is 0. The average molecular weight is 216 g/mol. The highest BCUT2D eigenvalue weighted by molar-refractivity contribution is 6.16. The van der Waals surface area contributed by atoms with Crippen LogP contribution in [-0.2, 0) is 9.53 Å². The second kappa shape index (κ2) is 4.99. The second-order valence-electron chi connectivity index (χ2n) is 3.08. The van der Waals surface area contributed by atoms with Crippen molar-refractivity contribution in [3.05, 3.63) is 35.9 Å². The Balaban J connectivity index is 3.15. The van der Waals surface area contributed by atoms with Crippen LogP contribution in [0.5, 0.6) is 0 Å². The number of nitriles is 1. The third-order valence-corrected chi connectivity index (χ3v) is 2.06. The largest absolute Gasteiger partial charge is 0.462 e. The van der Waals surface area contributed by atoms with E-state index in [4.69, 9.17) is 15.7 Å². The first kappa shape index (κ1) is 11.8. The number of carbonyl (C=O) groups is 1. The Morgan fingerprint density at radius 1 is 1.62 bits per heavy atom. The molecule has 82 valence electrons. The van der Waals surface area contributed by atoms with E-state index in [2.05, 4.69) is 6.58 Å². The molecular formula is C12H12N2O2. The maximum Gasteiger partial charge on any atom is 0.338 e. The van der Waals surface area contributed by atoms with Crippen molar-refractivity contribution in [2.24, 2.45) is 0 Å². The average Bonchev–Trinajstić information content (AvgIpc) is 2.28. The van der Waals surface area contributed by atoms with Gasteiger partial charge in [0, 0.05) is 5.56 Å². The van der Waals surface area contributed by atoms with E-state index in [1.54, 1.807) is 25.1 Å². The Morgan fingerprint density at radius 2 is 2.31 bits per heavy atom. The van der Waals surface area contributed by atoms with Crippen LogP contribution in [0.2, 0.25) is 0 Å². The SMILES string of the molecule is C=C(C(=O)OCC)c1cccc(N)c1C#N. The molecule has 0 aliphatic rings. The normalized spacial score (nSPS) is 9.25. The molecule has 0 spiro atoms. The molecule has 16 heavy (non-hydrogen) atoms. The molecule has 0 aromatic heterocycles. The summed E-state index contributed by atoms with van der Waals surface area (Å²) in [4.78, 5) is 11.5. The van der Waals surface area contributed by atoms with Crippen LogP contribution >= 0.6 is 0 Å². The Morgan fingerprint density at radius 3 is 2.88 bits per heavy atom. The standard InChI is InChI=1S/C12H12N2O2/c1-3-16-12(15)8(2)9-5-4-6-11(14)10(9)7-13/h4-6H,2-3,14H2,1H3. The molecule has 1 aromatic carbocycles. The van der Waals surface area contributed by atoms with Gasteiger partial charge in [-0.15, -0.1) is 0 Å². The van der Waals surface area contributed by atoms with E-state index in [1.165, 1.54) is 0 Å². The molecule has 4 nitrogen and oxygen atoms in total. The summed E-state index contributed by atoms with van der Waals surface area (Å²) in [5.74, 6) is -0.537. The molecule has 0 saturated carbocycles. The highest BCUT2D eigenvalue weighted by Crippen LogP contribution is 2.23. The highest BCUT2D eigenvalue weighted by Gasteiger charge is 2.15. The number of hydrogen-bond donors (Lipinski definition) is 1. The predicted octanol–water partition coefficient (Wildman–Crippen LogP) is 1.72. The van der Waals surface area contributed by atoms with E-state index in [9.17, 15) is 4.79 Å². The van der Waals surface area contributed by atoms with Crippen molar-refractivity contribution in [1.82, 2.24) is 0 Å². The summed E-state index contributed by atoms with van der Waals surface area (Å²) in [6.07, 6.45) is 0. The van der Waals surface area contributed by atoms with Crippen molar-refractivity contribution in [2.45, 2.75) is 6.92 Å². The van der Waals surface area contributed by atoms with Gasteiger partial charge in [-0.3, -0.25) is 0 Å². The molecule has 1 aromatic rings. The van der Waals surface area contributed by atoms with Gasteiger partial charge in [-0.2, -0.15) is 5.26 Å². The second-order valence-corrected chi connectivity index (χ2v) is 3.08. The number of benzene rings is 1. The van der Waals surface area contributed by atoms with Crippen LogP contribution in [0.1, 0.15) is 18.1 Å². The molecule has 4 heteroatoms. The lowest BCUT2D eigenvalue weighted by atomic mass is 10.0. The minimum Gasteiger partial charge on any atom is -0.462 e. The van der Waals surface area contributed by atoms with Crippen molar-refractivity contribution < 1.29 is 9.53 Å². The van der Waals surface area contributed by atoms with Crippen LogP contribution in [0, 0.1) is 11.3 Å². The lowest BCUT2D eigenvalue weighted by molar-refractivity contribution is -0.136. The summed E-state index contributed by atoms with van der Waals surface area (Å²) in [5, 5.41) is 8.94. The molecule has 2 N–H and O–H groups in total. The molecular weight excluding hydrogens is 204 g/mol. The molecule has 0 amide bonds. The molecule has 0 unspecified atom stereocenters. The zero-order chi connectivity index (χ0) is 12.1. The minimum absolute atomic E-state index is 0.144. The van der Waals surface area contributed by atoms with Crippen LogP contribution in [0.15, 0.2) is 24.8 Å². The topological polar surface area (TPSA) is 76.1 Å². The molecule has 0 fully saturated rings. The zero-order valence-electron chi connectivity index (χ0n) is 8.99. The quantitative estimate of drug-likeness (QED) is 0.474. The van der Waals surface area contributed by atoms with Gasteiger partial charge in [-0.25, -0.2) is 4.79 Å². The summed E-state index contributed by atoms with van der Waals surface area (Å²) in [6.45, 7) is 5.58. The van der Waals surface area contributed by atoms with Gasteiger partial charge in [0.15, 0.2) is 0 Å². The third-order valence-electron chi connectivity index (χ3n) is 2.06. The van der Waals surface area contributed by atoms with Crippen molar-refractivity contribution in [1.29, 1.82) is 5.26 Å². The van der Waals surface area contributed by atoms with Gasteiger partial charge >= 0.3 is 5.97 Å². The summed E-state index contributed by atoms with van der Waals surface area (Å²) >= 11 is 0. The van der Waals surface area contributed by atoms with Crippen molar-refractivity contribution >= 4 is 17.2 Å². The number of carbonyl (C=O) groups excluding carboxylic acids is 1. The summed E-state index contributed by atoms with van der Waals surface area (Å²) in [5.41, 5.74) is 6.76. The number of nitrogens with two attached hydrogens (primary N) is 1. The zero-order valence-corrected chi connectivity index (χ0v) is 8.99. The number of nitrogen functional groups attached to an aromatic ring is 1. The number of hydrogen-bond acceptors (Lipinski definition) is 4. The van der Waals surface area contributed by atoms with Gasteiger partial charge in [0.1, 0.15) is 6.07 Å². The minimum atomic E-state index is -0.537. The van der Waals surface area contributed by atoms with E-state index < -0.39 is 5.97 Å². The smallest absolute Gasteiger partial charge is 0.338 e. The van der Waals surface area contributed by atoms with Crippen LogP contribution < -0.4 is 5.73 Å². The van der Waals surface area contributed by atoms with E-state index >= 15 is 0 Å². The van der Waals surface area contributed by atoms with E-state index in [0.29, 0.717) is 11.3 Å². The fourth-order valence-electron chi connectivity index (χ4n) is 1.27. The first-order valence-corrected chi connectivity index (χ1v) is 4.76. The van der Waals surface area contributed by atoms with E-state index in [0.717, 1.165) is 0 Å². The molecule has 0 aliphatic carbocycles. The molecule has 0 saturated heterocycles. The van der Waals surface area contributed by atoms with Crippen molar-refractivity contribution in [3.63, 3.8) is 0 Å². The van der Waals surface area contributed by atoms with E-state index in [1.807, 2.05) is 6.07 Å². The summed E-state index contributed by atoms with van der Waals surface area (Å²) < 4.78 is 4.81. The summed E-state index contributed by atoms with van der Waals surface area (Å²) in [6, 6.07) is 6.83. The third kappa shape index (κ3) is 2.20. The maximum absolute atomic E-state index is 11.5. The van der Waals surface area contributed by atoms with Crippen LogP contribution in [0.3, 0.4) is 0 Å². The number of anilines is 1. The molecule has 0 heterocycles. The Bertz CT molecular complexity index is 472. The Kier molecular flexibility index (Phi) is 3.67. The predicted molar refractivity (Wildman–Crippen MR) is 61.2 cm³/mol. The van der Waals surface area contributed by atoms with Gasteiger partial charge in [0.2, 0.25) is 0 Å². The van der Waals surface area contributed by atoms with Gasteiger partial charge < -0.3 is 10.5 Å². The number of rotatable bonds is 3. The van der Waals surface area contributed by atoms with Gasteiger partial charge in [0.25, 0.3) is 0 Å². The van der Waals surface area contributed by atoms with Crippen molar-refractivity contribution in [2.75, 3.05) is 12.3 Å². The van der Waals surface area contributed by atoms with E-state index in [-0.39, 0.29) is 17.7 Å². The first-order valence-electron chi connectivity index (χ1n) is 4.76.